The molecular formula is C23H27ClFN5O2. The summed E-state index contributed by atoms with van der Waals surface area (Å²) in [7, 11) is 0. The number of rotatable bonds is 10. The molecule has 1 aromatic carbocycles. The molecule has 0 bridgehead atoms. The van der Waals surface area contributed by atoms with Crippen LogP contribution in [0, 0.1) is 11.7 Å². The topological polar surface area (TPSA) is 98.9 Å². The first kappa shape index (κ1) is 23.7. The second-order valence-corrected chi connectivity index (χ2v) is 8.36. The summed E-state index contributed by atoms with van der Waals surface area (Å²) in [5, 5.41) is 9.67. The number of amides is 2. The summed E-state index contributed by atoms with van der Waals surface area (Å²) in [6.07, 6.45) is 4.16. The number of carbonyl (C=O) groups excluding carboxylic acids is 2. The first-order valence-electron chi connectivity index (χ1n) is 10.4. The number of nitrogens with zero attached hydrogens (tertiary/aromatic N) is 1. The van der Waals surface area contributed by atoms with Gasteiger partial charge in [-0.25, -0.2) is 4.39 Å². The van der Waals surface area contributed by atoms with Crippen molar-refractivity contribution in [3.05, 3.63) is 64.8 Å². The third-order valence-electron chi connectivity index (χ3n) is 5.05. The minimum absolute atomic E-state index is 0.0984. The molecule has 2 atom stereocenters. The first-order valence-corrected chi connectivity index (χ1v) is 10.8. The Labute approximate surface area is 191 Å². The van der Waals surface area contributed by atoms with Gasteiger partial charge in [0.1, 0.15) is 11.9 Å². The molecule has 0 saturated carbocycles. The number of benzene rings is 1. The van der Waals surface area contributed by atoms with Crippen molar-refractivity contribution in [2.24, 2.45) is 5.92 Å². The first-order chi connectivity index (χ1) is 15.3. The predicted octanol–water partition coefficient (Wildman–Crippen LogP) is 2.94. The third-order valence-corrected chi connectivity index (χ3v) is 5.34. The largest absolute Gasteiger partial charge is 0.357 e. The van der Waals surface area contributed by atoms with Gasteiger partial charge in [-0.2, -0.15) is 0 Å². The van der Waals surface area contributed by atoms with E-state index in [1.807, 2.05) is 19.1 Å². The molecule has 0 aliphatic carbocycles. The van der Waals surface area contributed by atoms with Gasteiger partial charge in [-0.05, 0) is 55.6 Å². The van der Waals surface area contributed by atoms with Crippen LogP contribution in [0.25, 0.3) is 10.9 Å². The van der Waals surface area contributed by atoms with E-state index in [9.17, 15) is 14.0 Å². The molecule has 9 heteroatoms. The summed E-state index contributed by atoms with van der Waals surface area (Å²) in [4.78, 5) is 31.7. The lowest BCUT2D eigenvalue weighted by atomic mass is 10.0. The van der Waals surface area contributed by atoms with E-state index in [0.29, 0.717) is 19.5 Å². The fraction of sp³-hybridized carbons (Fsp3) is 0.348. The van der Waals surface area contributed by atoms with Crippen molar-refractivity contribution in [3.63, 3.8) is 0 Å². The summed E-state index contributed by atoms with van der Waals surface area (Å²) >= 11 is 5.81. The highest BCUT2D eigenvalue weighted by Gasteiger charge is 2.16. The Hall–Kier alpha value is -2.97. The quantitative estimate of drug-likeness (QED) is 0.374. The SMILES string of the molecule is C[C@@H](CNCC(=O)N[C@@H](C)C(=O)NCc1cc2cnccc2[nH]1)Cc1ccc(F)c(Cl)c1. The number of aromatic nitrogens is 2. The molecular weight excluding hydrogens is 433 g/mol. The summed E-state index contributed by atoms with van der Waals surface area (Å²) < 4.78 is 13.2. The Kier molecular flexibility index (Phi) is 8.19. The average molecular weight is 460 g/mol. The van der Waals surface area contributed by atoms with Crippen LogP contribution >= 0.6 is 11.6 Å². The minimum atomic E-state index is -0.658. The van der Waals surface area contributed by atoms with Crippen LogP contribution in [0.1, 0.15) is 25.1 Å². The standard InChI is InChI=1S/C23H27ClFN5O2/c1-14(7-16-3-4-20(25)19(24)8-16)10-27-13-22(31)29-15(2)23(32)28-12-18-9-17-11-26-6-5-21(17)30-18/h3-6,8-9,11,14-15,27,30H,7,10,12-13H2,1-2H3,(H,28,32)(H,29,31)/t14-,15+/m1/s1. The fourth-order valence-corrected chi connectivity index (χ4v) is 3.60. The minimum Gasteiger partial charge on any atom is -0.357 e. The fourth-order valence-electron chi connectivity index (χ4n) is 3.39. The van der Waals surface area contributed by atoms with Gasteiger partial charge in [-0.1, -0.05) is 24.6 Å². The van der Waals surface area contributed by atoms with Crippen molar-refractivity contribution in [3.8, 4) is 0 Å². The van der Waals surface area contributed by atoms with Crippen LogP contribution in [-0.4, -0.2) is 40.9 Å². The Morgan fingerprint density at radius 1 is 1.22 bits per heavy atom. The number of hydrogen-bond donors (Lipinski definition) is 4. The van der Waals surface area contributed by atoms with E-state index in [-0.39, 0.29) is 29.3 Å². The molecule has 7 nitrogen and oxygen atoms in total. The highest BCUT2D eigenvalue weighted by molar-refractivity contribution is 6.30. The van der Waals surface area contributed by atoms with Crippen molar-refractivity contribution in [1.82, 2.24) is 25.9 Å². The van der Waals surface area contributed by atoms with Crippen LogP contribution in [0.5, 0.6) is 0 Å². The Morgan fingerprint density at radius 2 is 2.03 bits per heavy atom. The van der Waals surface area contributed by atoms with E-state index in [2.05, 4.69) is 25.9 Å². The molecule has 32 heavy (non-hydrogen) atoms. The number of H-pyrrole nitrogens is 1. The monoisotopic (exact) mass is 459 g/mol. The van der Waals surface area contributed by atoms with Gasteiger partial charge < -0.3 is 20.9 Å². The predicted molar refractivity (Wildman–Crippen MR) is 123 cm³/mol. The normalized spacial score (nSPS) is 13.0. The maximum atomic E-state index is 13.2. The molecule has 2 amide bonds. The zero-order chi connectivity index (χ0) is 23.1. The zero-order valence-electron chi connectivity index (χ0n) is 18.0. The van der Waals surface area contributed by atoms with Crippen LogP contribution in [-0.2, 0) is 22.6 Å². The summed E-state index contributed by atoms with van der Waals surface area (Å²) in [5.74, 6) is -0.746. The van der Waals surface area contributed by atoms with Gasteiger partial charge in [0.2, 0.25) is 11.8 Å². The number of halogens is 2. The molecule has 4 N–H and O–H groups in total. The lowest BCUT2D eigenvalue weighted by molar-refractivity contribution is -0.128. The van der Waals surface area contributed by atoms with Crippen molar-refractivity contribution >= 4 is 34.3 Å². The maximum Gasteiger partial charge on any atom is 0.242 e. The van der Waals surface area contributed by atoms with E-state index in [1.165, 1.54) is 6.07 Å². The summed E-state index contributed by atoms with van der Waals surface area (Å²) in [6, 6.07) is 7.81. The highest BCUT2D eigenvalue weighted by atomic mass is 35.5. The van der Waals surface area contributed by atoms with E-state index >= 15 is 0 Å². The molecule has 0 aliphatic rings. The summed E-state index contributed by atoms with van der Waals surface area (Å²) in [5.41, 5.74) is 2.75. The van der Waals surface area contributed by atoms with E-state index in [1.54, 1.807) is 31.5 Å². The molecule has 3 rings (SSSR count). The molecule has 0 radical (unpaired) electrons. The van der Waals surface area contributed by atoms with Crippen LogP contribution in [0.15, 0.2) is 42.7 Å². The third kappa shape index (κ3) is 6.77. The number of hydrogen-bond acceptors (Lipinski definition) is 4. The van der Waals surface area contributed by atoms with Crippen LogP contribution in [0.4, 0.5) is 4.39 Å². The van der Waals surface area contributed by atoms with E-state index < -0.39 is 11.9 Å². The Balaban J connectivity index is 1.35. The molecule has 3 aromatic rings. The van der Waals surface area contributed by atoms with Crippen molar-refractivity contribution < 1.29 is 14.0 Å². The number of pyridine rings is 1. The maximum absolute atomic E-state index is 13.2. The molecule has 0 fully saturated rings. The van der Waals surface area contributed by atoms with Crippen molar-refractivity contribution in [2.75, 3.05) is 13.1 Å². The lowest BCUT2D eigenvalue weighted by Crippen LogP contribution is -2.47. The molecule has 2 aromatic heterocycles. The van der Waals surface area contributed by atoms with Crippen molar-refractivity contribution in [1.29, 1.82) is 0 Å². The van der Waals surface area contributed by atoms with E-state index in [4.69, 9.17) is 11.6 Å². The van der Waals surface area contributed by atoms with Gasteiger partial charge in [-0.3, -0.25) is 14.6 Å². The molecule has 0 saturated heterocycles. The average Bonchev–Trinajstić information content (AvgIpc) is 3.17. The lowest BCUT2D eigenvalue weighted by Gasteiger charge is -2.16. The molecule has 0 unspecified atom stereocenters. The zero-order valence-corrected chi connectivity index (χ0v) is 18.8. The van der Waals surface area contributed by atoms with Gasteiger partial charge in [0, 0.05) is 29.0 Å². The van der Waals surface area contributed by atoms with Gasteiger partial charge in [-0.15, -0.1) is 0 Å². The van der Waals surface area contributed by atoms with Gasteiger partial charge in [0.25, 0.3) is 0 Å². The smallest absolute Gasteiger partial charge is 0.242 e. The van der Waals surface area contributed by atoms with Crippen LogP contribution < -0.4 is 16.0 Å². The summed E-state index contributed by atoms with van der Waals surface area (Å²) in [6.45, 7) is 4.69. The Bertz CT molecular complexity index is 1050. The van der Waals surface area contributed by atoms with Gasteiger partial charge >= 0.3 is 0 Å². The molecule has 0 aliphatic heterocycles. The molecule has 2 heterocycles. The highest BCUT2D eigenvalue weighted by Crippen LogP contribution is 2.18. The second-order valence-electron chi connectivity index (χ2n) is 7.95. The van der Waals surface area contributed by atoms with E-state index in [0.717, 1.165) is 22.2 Å². The number of nitrogens with one attached hydrogen (secondary N) is 4. The Morgan fingerprint density at radius 3 is 2.78 bits per heavy atom. The molecule has 0 spiro atoms. The molecule has 170 valence electrons. The van der Waals surface area contributed by atoms with Gasteiger partial charge in [0.15, 0.2) is 0 Å². The van der Waals surface area contributed by atoms with Gasteiger partial charge in [0.05, 0.1) is 18.1 Å². The number of fused-ring (bicyclic) bond motifs is 1. The second kappa shape index (κ2) is 11.1. The number of aromatic amines is 1. The number of carbonyl (C=O) groups is 2. The van der Waals surface area contributed by atoms with Crippen LogP contribution in [0.3, 0.4) is 0 Å². The van der Waals surface area contributed by atoms with Crippen LogP contribution in [0.2, 0.25) is 5.02 Å². The van der Waals surface area contributed by atoms with Crippen molar-refractivity contribution in [2.45, 2.75) is 32.9 Å².